The zero-order chi connectivity index (χ0) is 31.5. The van der Waals surface area contributed by atoms with Gasteiger partial charge in [0.2, 0.25) is 5.78 Å². The van der Waals surface area contributed by atoms with Gasteiger partial charge in [0.15, 0.2) is 5.82 Å². The van der Waals surface area contributed by atoms with E-state index in [4.69, 9.17) is 9.26 Å². The number of alkyl halides is 2. The van der Waals surface area contributed by atoms with Crippen LogP contribution in [0.5, 0.6) is 0 Å². The summed E-state index contributed by atoms with van der Waals surface area (Å²) >= 11 is 0. The van der Waals surface area contributed by atoms with E-state index in [1.165, 1.54) is 6.33 Å². The van der Waals surface area contributed by atoms with Crippen LogP contribution in [0, 0.1) is 0 Å². The van der Waals surface area contributed by atoms with Crippen LogP contribution in [0.1, 0.15) is 61.9 Å². The third kappa shape index (κ3) is 7.33. The van der Waals surface area contributed by atoms with Gasteiger partial charge in [0.25, 0.3) is 12.0 Å². The summed E-state index contributed by atoms with van der Waals surface area (Å²) in [6.45, 7) is 1.64. The quantitative estimate of drug-likeness (QED) is 0.203. The number of halogens is 2. The Balaban J connectivity index is 0.00000417. The second kappa shape index (κ2) is 15.4. The van der Waals surface area contributed by atoms with E-state index in [2.05, 4.69) is 27.1 Å². The molecule has 0 amide bonds. The second-order valence-corrected chi connectivity index (χ2v) is 11.4. The number of rotatable bonds is 11. The minimum absolute atomic E-state index is 0. The van der Waals surface area contributed by atoms with Crippen molar-refractivity contribution in [2.45, 2.75) is 76.5 Å². The Kier molecular flexibility index (Phi) is 11.5. The van der Waals surface area contributed by atoms with E-state index in [-0.39, 0.29) is 69.1 Å². The fourth-order valence-corrected chi connectivity index (χ4v) is 6.15. The van der Waals surface area contributed by atoms with E-state index in [9.17, 15) is 23.5 Å². The Morgan fingerprint density at radius 2 is 1.78 bits per heavy atom. The summed E-state index contributed by atoms with van der Waals surface area (Å²) < 4.78 is 39.1. The van der Waals surface area contributed by atoms with Crippen molar-refractivity contribution in [3.8, 4) is 22.5 Å². The molecule has 2 aromatic carbocycles. The molecule has 3 heterocycles. The molecular weight excluding hydrogens is 625 g/mol. The van der Waals surface area contributed by atoms with Gasteiger partial charge >= 0.3 is 57.1 Å². The van der Waals surface area contributed by atoms with Gasteiger partial charge in [-0.3, -0.25) is 18.9 Å². The van der Waals surface area contributed by atoms with Gasteiger partial charge < -0.3 is 9.84 Å². The predicted octanol–water partition coefficient (Wildman–Crippen LogP) is 3.92. The number of nitrogens with zero attached hydrogens (tertiary/aromatic N) is 5. The van der Waals surface area contributed by atoms with E-state index >= 15 is 0 Å². The van der Waals surface area contributed by atoms with Crippen LogP contribution in [0.2, 0.25) is 0 Å². The number of fused-ring (bicyclic) bond motifs is 1. The van der Waals surface area contributed by atoms with Crippen molar-refractivity contribution < 1.29 is 23.1 Å². The van der Waals surface area contributed by atoms with Crippen LogP contribution in [0.3, 0.4) is 0 Å². The topological polar surface area (TPSA) is 141 Å². The van der Waals surface area contributed by atoms with Crippen molar-refractivity contribution in [1.29, 1.82) is 0 Å². The van der Waals surface area contributed by atoms with Gasteiger partial charge in [-0.25, -0.2) is 18.1 Å². The number of H-pyrrole nitrogens is 1. The van der Waals surface area contributed by atoms with Crippen molar-refractivity contribution in [3.05, 3.63) is 92.6 Å². The number of aromatic amines is 1. The summed E-state index contributed by atoms with van der Waals surface area (Å²) in [5, 5.41) is 17.7. The molecule has 0 bridgehead atoms. The van der Waals surface area contributed by atoms with Crippen molar-refractivity contribution in [3.63, 3.8) is 0 Å². The first-order valence-corrected chi connectivity index (χ1v) is 15.1. The van der Waals surface area contributed by atoms with Gasteiger partial charge in [-0.1, -0.05) is 67.0 Å². The minimum atomic E-state index is -2.85. The Bertz CT molecular complexity index is 1880. The van der Waals surface area contributed by atoms with Gasteiger partial charge in [-0.2, -0.15) is 10.1 Å². The van der Waals surface area contributed by atoms with Crippen LogP contribution in [0.25, 0.3) is 28.3 Å². The molecule has 2 N–H and O–H groups in total. The molecule has 1 aliphatic rings. The van der Waals surface area contributed by atoms with E-state index in [1.54, 1.807) is 9.08 Å². The fraction of sp³-hybridized carbons (Fsp3) is 0.406. The third-order valence-corrected chi connectivity index (χ3v) is 8.38. The Morgan fingerprint density at radius 1 is 1.07 bits per heavy atom. The van der Waals surface area contributed by atoms with E-state index < -0.39 is 24.9 Å². The number of ether oxygens (including phenoxy) is 1. The average Bonchev–Trinajstić information content (AvgIpc) is 3.72. The van der Waals surface area contributed by atoms with Crippen LogP contribution in [0.15, 0.2) is 69.0 Å². The number of hydrogen-bond donors (Lipinski definition) is 2. The Labute approximate surface area is 305 Å². The molecule has 5 aromatic rings. The van der Waals surface area contributed by atoms with Crippen LogP contribution in [0.4, 0.5) is 8.78 Å². The van der Waals surface area contributed by atoms with Crippen LogP contribution in [-0.2, 0) is 17.6 Å². The van der Waals surface area contributed by atoms with Crippen molar-refractivity contribution in [1.82, 2.24) is 29.3 Å². The van der Waals surface area contributed by atoms with Crippen molar-refractivity contribution in [2.75, 3.05) is 6.61 Å². The molecule has 46 heavy (non-hydrogen) atoms. The van der Waals surface area contributed by atoms with Crippen molar-refractivity contribution in [2.24, 2.45) is 0 Å². The molecule has 0 spiro atoms. The first kappa shape index (κ1) is 34.5. The van der Waals surface area contributed by atoms with Gasteiger partial charge in [-0.05, 0) is 48.8 Å². The zero-order valence-corrected chi connectivity index (χ0v) is 24.7. The maximum absolute atomic E-state index is 14.2. The summed E-state index contributed by atoms with van der Waals surface area (Å²) in [6, 6.07) is 15.3. The molecule has 11 nitrogen and oxygen atoms in total. The Hall–Kier alpha value is -2.85. The average molecular weight is 661 g/mol. The zero-order valence-electron chi connectivity index (χ0n) is 24.7. The van der Waals surface area contributed by atoms with E-state index in [1.807, 2.05) is 48.5 Å². The molecule has 1 atom stereocenters. The monoisotopic (exact) mass is 660 g/mol. The summed E-state index contributed by atoms with van der Waals surface area (Å²) in [4.78, 5) is 32.8. The molecule has 0 radical (unpaired) electrons. The number of nitrogens with one attached hydrogen (secondary N) is 1. The number of benzene rings is 2. The molecule has 1 fully saturated rings. The predicted molar refractivity (Wildman–Crippen MR) is 168 cm³/mol. The molecule has 1 aliphatic carbocycles. The first-order chi connectivity index (χ1) is 21.8. The fourth-order valence-electron chi connectivity index (χ4n) is 6.15. The van der Waals surface area contributed by atoms with E-state index in [0.717, 1.165) is 34.4 Å². The summed E-state index contributed by atoms with van der Waals surface area (Å²) in [5.41, 5.74) is 4.83. The molecule has 1 unspecified atom stereocenters. The van der Waals surface area contributed by atoms with Crippen LogP contribution >= 0.6 is 0 Å². The molecule has 3 aromatic heterocycles. The van der Waals surface area contributed by atoms with E-state index in [0.29, 0.717) is 55.7 Å². The number of hydrogen-bond acceptors (Lipinski definition) is 8. The second-order valence-electron chi connectivity index (χ2n) is 11.4. The molecule has 0 saturated heterocycles. The molecule has 1 saturated carbocycles. The number of aromatic nitrogens is 6. The third-order valence-electron chi connectivity index (χ3n) is 8.38. The number of aryl methyl sites for hydroxylation is 1. The van der Waals surface area contributed by atoms with Crippen molar-refractivity contribution >= 4 is 57.2 Å². The molecule has 6 rings (SSSR count). The Morgan fingerprint density at radius 3 is 2.43 bits per heavy atom. The molecule has 238 valence electrons. The SMILES string of the molecule is CCCc1c(Cc2ccc(-c3ccccc3-c3noc(=O)[nH]3)cc2)c(=O)n(C2CCC(OCC(O)C(F)F)CC2)c2ncnn12.[KH]. The maximum atomic E-state index is 14.2. The standard InChI is InChI=1S/C32H34F2N6O5.K.H/c1-2-5-26-25(16-19-8-10-20(11-9-19)23-6-3-4-7-24(23)29-37-32(43)45-38-29)30(42)39(31-35-18-36-40(26)31)21-12-14-22(15-13-21)44-17-27(41)28(33)34;;/h3-4,6-11,18,21-22,27-28,41H,2,5,12-17H2,1H3,(H,37,38,43);;. The van der Waals surface area contributed by atoms with Gasteiger partial charge in [0.05, 0.1) is 18.4 Å². The number of aliphatic hydroxyl groups excluding tert-OH is 1. The molecule has 0 aliphatic heterocycles. The molecular formula is C32H35F2KN6O5. The summed E-state index contributed by atoms with van der Waals surface area (Å²) in [7, 11) is 0. The summed E-state index contributed by atoms with van der Waals surface area (Å²) in [5.74, 6) is 0.207. The van der Waals surface area contributed by atoms with Gasteiger partial charge in [0.1, 0.15) is 12.4 Å². The molecule has 14 heteroatoms. The van der Waals surface area contributed by atoms with Crippen LogP contribution < -0.4 is 11.3 Å². The van der Waals surface area contributed by atoms with Gasteiger partial charge in [0, 0.05) is 23.6 Å². The normalized spacial score (nSPS) is 17.3. The first-order valence-electron chi connectivity index (χ1n) is 15.1. The number of aliphatic hydroxyl groups is 1. The van der Waals surface area contributed by atoms with Crippen LogP contribution in [-0.4, -0.2) is 111 Å². The van der Waals surface area contributed by atoms with Gasteiger partial charge in [-0.15, -0.1) is 0 Å². The summed E-state index contributed by atoms with van der Waals surface area (Å²) in [6.07, 6.45) is 0.774.